The molecule has 2 aliphatic carbocycles. The van der Waals surface area contributed by atoms with Gasteiger partial charge in [-0.05, 0) is 25.7 Å². The molecule has 0 spiro atoms. The van der Waals surface area contributed by atoms with E-state index in [-0.39, 0.29) is 0 Å². The zero-order valence-electron chi connectivity index (χ0n) is 8.42. The Kier molecular flexibility index (Phi) is 2.05. The molecule has 0 bridgehead atoms. The fourth-order valence-corrected chi connectivity index (χ4v) is 2.45. The first kappa shape index (κ1) is 8.48. The van der Waals surface area contributed by atoms with Crippen LogP contribution in [0, 0.1) is 0 Å². The number of imidazole rings is 1. The van der Waals surface area contributed by atoms with Crippen LogP contribution in [0.4, 0.5) is 0 Å². The standard InChI is InChI=1S/C11H17N3/c1-2-8(3-1)14-9-4-5-10-11(6-9)13-7-12-10/h7-9,14H,1-6H2,(H,12,13). The summed E-state index contributed by atoms with van der Waals surface area (Å²) in [6.45, 7) is 0. The number of rotatable bonds is 2. The minimum atomic E-state index is 0.688. The van der Waals surface area contributed by atoms with Gasteiger partial charge in [0.2, 0.25) is 0 Å². The molecule has 1 saturated carbocycles. The first-order chi connectivity index (χ1) is 6.92. The number of nitrogens with zero attached hydrogens (tertiary/aromatic N) is 1. The number of aromatic amines is 1. The molecule has 2 aliphatic rings. The summed E-state index contributed by atoms with van der Waals surface area (Å²) in [5.74, 6) is 0. The van der Waals surface area contributed by atoms with Gasteiger partial charge in [-0.15, -0.1) is 0 Å². The lowest BCUT2D eigenvalue weighted by Gasteiger charge is -2.33. The van der Waals surface area contributed by atoms with Crippen LogP contribution in [0.5, 0.6) is 0 Å². The van der Waals surface area contributed by atoms with Crippen LogP contribution in [0.2, 0.25) is 0 Å². The Balaban J connectivity index is 1.63. The molecule has 3 nitrogen and oxygen atoms in total. The van der Waals surface area contributed by atoms with Crippen molar-refractivity contribution < 1.29 is 0 Å². The highest BCUT2D eigenvalue weighted by Gasteiger charge is 2.25. The summed E-state index contributed by atoms with van der Waals surface area (Å²) in [4.78, 5) is 7.57. The summed E-state index contributed by atoms with van der Waals surface area (Å²) >= 11 is 0. The van der Waals surface area contributed by atoms with Crippen molar-refractivity contribution in [1.82, 2.24) is 15.3 Å². The maximum Gasteiger partial charge on any atom is 0.0925 e. The molecule has 3 rings (SSSR count). The lowest BCUT2D eigenvalue weighted by Crippen LogP contribution is -2.44. The Labute approximate surface area is 84.3 Å². The highest BCUT2D eigenvalue weighted by molar-refractivity contribution is 5.16. The maximum atomic E-state index is 4.32. The highest BCUT2D eigenvalue weighted by Crippen LogP contribution is 2.23. The van der Waals surface area contributed by atoms with E-state index in [1.54, 1.807) is 0 Å². The van der Waals surface area contributed by atoms with Gasteiger partial charge in [-0.3, -0.25) is 0 Å². The average Bonchev–Trinajstić information content (AvgIpc) is 2.58. The van der Waals surface area contributed by atoms with Gasteiger partial charge in [0.15, 0.2) is 0 Å². The SMILES string of the molecule is c1nc2c([nH]1)CC(NC1CCC1)CC2. The largest absolute Gasteiger partial charge is 0.348 e. The molecule has 1 aromatic heterocycles. The number of H-pyrrole nitrogens is 1. The molecule has 2 N–H and O–H groups in total. The highest BCUT2D eigenvalue weighted by atomic mass is 15.0. The van der Waals surface area contributed by atoms with Crippen molar-refractivity contribution in [3.63, 3.8) is 0 Å². The summed E-state index contributed by atoms with van der Waals surface area (Å²) in [6.07, 6.45) is 9.55. The molecule has 1 atom stereocenters. The van der Waals surface area contributed by atoms with Crippen molar-refractivity contribution in [2.75, 3.05) is 0 Å². The minimum absolute atomic E-state index is 0.688. The molecule has 76 valence electrons. The van der Waals surface area contributed by atoms with Crippen LogP contribution in [0.25, 0.3) is 0 Å². The lowest BCUT2D eigenvalue weighted by molar-refractivity contribution is 0.289. The zero-order valence-corrected chi connectivity index (χ0v) is 8.42. The van der Waals surface area contributed by atoms with E-state index in [1.807, 2.05) is 6.33 Å². The molecular formula is C11H17N3. The van der Waals surface area contributed by atoms with E-state index >= 15 is 0 Å². The van der Waals surface area contributed by atoms with Gasteiger partial charge < -0.3 is 10.3 Å². The van der Waals surface area contributed by atoms with Crippen LogP contribution in [0.15, 0.2) is 6.33 Å². The van der Waals surface area contributed by atoms with E-state index in [9.17, 15) is 0 Å². The third-order valence-electron chi connectivity index (χ3n) is 3.56. The normalized spacial score (nSPS) is 27.0. The number of aromatic nitrogens is 2. The van der Waals surface area contributed by atoms with Gasteiger partial charge in [0.1, 0.15) is 0 Å². The number of hydrogen-bond acceptors (Lipinski definition) is 2. The van der Waals surface area contributed by atoms with E-state index in [0.29, 0.717) is 6.04 Å². The smallest absolute Gasteiger partial charge is 0.0925 e. The third kappa shape index (κ3) is 1.46. The van der Waals surface area contributed by atoms with Gasteiger partial charge in [0.05, 0.1) is 12.0 Å². The monoisotopic (exact) mass is 191 g/mol. The van der Waals surface area contributed by atoms with Crippen LogP contribution in [-0.2, 0) is 12.8 Å². The fraction of sp³-hybridized carbons (Fsp3) is 0.727. The van der Waals surface area contributed by atoms with E-state index in [4.69, 9.17) is 0 Å². The van der Waals surface area contributed by atoms with Crippen LogP contribution >= 0.6 is 0 Å². The molecule has 0 aromatic carbocycles. The Morgan fingerprint density at radius 3 is 3.00 bits per heavy atom. The van der Waals surface area contributed by atoms with Gasteiger partial charge in [-0.1, -0.05) is 6.42 Å². The van der Waals surface area contributed by atoms with Crippen molar-refractivity contribution in [3.05, 3.63) is 17.7 Å². The second kappa shape index (κ2) is 3.39. The molecule has 14 heavy (non-hydrogen) atoms. The van der Waals surface area contributed by atoms with Gasteiger partial charge in [-0.25, -0.2) is 4.98 Å². The molecule has 0 amide bonds. The topological polar surface area (TPSA) is 40.7 Å². The Hall–Kier alpha value is -0.830. The predicted molar refractivity (Wildman–Crippen MR) is 55.2 cm³/mol. The summed E-state index contributed by atoms with van der Waals surface area (Å²) < 4.78 is 0. The van der Waals surface area contributed by atoms with E-state index in [2.05, 4.69) is 15.3 Å². The molecule has 0 radical (unpaired) electrons. The molecule has 1 heterocycles. The summed E-state index contributed by atoms with van der Waals surface area (Å²) in [5.41, 5.74) is 2.64. The quantitative estimate of drug-likeness (QED) is 0.742. The molecular weight excluding hydrogens is 174 g/mol. The first-order valence-electron chi connectivity index (χ1n) is 5.69. The molecule has 1 unspecified atom stereocenters. The van der Waals surface area contributed by atoms with Crippen LogP contribution in [0.1, 0.15) is 37.1 Å². The lowest BCUT2D eigenvalue weighted by atomic mass is 9.89. The molecule has 0 aliphatic heterocycles. The first-order valence-corrected chi connectivity index (χ1v) is 5.69. The second-order valence-electron chi connectivity index (χ2n) is 4.56. The fourth-order valence-electron chi connectivity index (χ4n) is 2.45. The molecule has 3 heteroatoms. The average molecular weight is 191 g/mol. The Morgan fingerprint density at radius 2 is 2.21 bits per heavy atom. The van der Waals surface area contributed by atoms with Crippen molar-refractivity contribution in [2.24, 2.45) is 0 Å². The Morgan fingerprint density at radius 1 is 1.29 bits per heavy atom. The summed E-state index contributed by atoms with van der Waals surface area (Å²) in [6, 6.07) is 1.50. The van der Waals surface area contributed by atoms with Gasteiger partial charge in [0.25, 0.3) is 0 Å². The number of fused-ring (bicyclic) bond motifs is 1. The third-order valence-corrected chi connectivity index (χ3v) is 3.56. The number of nitrogens with one attached hydrogen (secondary N) is 2. The van der Waals surface area contributed by atoms with Crippen molar-refractivity contribution in [3.8, 4) is 0 Å². The van der Waals surface area contributed by atoms with Crippen molar-refractivity contribution >= 4 is 0 Å². The zero-order chi connectivity index (χ0) is 9.38. The van der Waals surface area contributed by atoms with E-state index < -0.39 is 0 Å². The Bertz CT molecular complexity index is 314. The molecule has 0 saturated heterocycles. The summed E-state index contributed by atoms with van der Waals surface area (Å²) in [7, 11) is 0. The van der Waals surface area contributed by atoms with Crippen LogP contribution in [0.3, 0.4) is 0 Å². The molecule has 1 fully saturated rings. The predicted octanol–water partition coefficient (Wildman–Crippen LogP) is 1.41. The van der Waals surface area contributed by atoms with Crippen LogP contribution < -0.4 is 5.32 Å². The minimum Gasteiger partial charge on any atom is -0.348 e. The molecule has 1 aromatic rings. The van der Waals surface area contributed by atoms with Gasteiger partial charge in [-0.2, -0.15) is 0 Å². The summed E-state index contributed by atoms with van der Waals surface area (Å²) in [5, 5.41) is 3.74. The van der Waals surface area contributed by atoms with Crippen molar-refractivity contribution in [2.45, 2.75) is 50.6 Å². The van der Waals surface area contributed by atoms with Gasteiger partial charge >= 0.3 is 0 Å². The van der Waals surface area contributed by atoms with E-state index in [0.717, 1.165) is 18.9 Å². The maximum absolute atomic E-state index is 4.32. The second-order valence-corrected chi connectivity index (χ2v) is 4.56. The van der Waals surface area contributed by atoms with E-state index in [1.165, 1.54) is 37.1 Å². The van der Waals surface area contributed by atoms with Crippen LogP contribution in [-0.4, -0.2) is 22.1 Å². The van der Waals surface area contributed by atoms with Crippen molar-refractivity contribution in [1.29, 1.82) is 0 Å². The number of aryl methyl sites for hydroxylation is 1. The van der Waals surface area contributed by atoms with Gasteiger partial charge in [0, 0.05) is 24.2 Å². The number of hydrogen-bond donors (Lipinski definition) is 2.